The maximum Gasteiger partial charge on any atom is 0.243 e. The second-order valence-corrected chi connectivity index (χ2v) is 5.86. The van der Waals surface area contributed by atoms with Crippen molar-refractivity contribution in [2.45, 2.75) is 17.9 Å². The normalized spacial score (nSPS) is 13.4. The van der Waals surface area contributed by atoms with Gasteiger partial charge < -0.3 is 10.3 Å². The molecular formula is C11H15N5O2S. The van der Waals surface area contributed by atoms with Crippen LogP contribution in [0.25, 0.3) is 0 Å². The number of nitrogens with two attached hydrogens (primary N) is 1. The van der Waals surface area contributed by atoms with E-state index in [0.29, 0.717) is 5.82 Å². The van der Waals surface area contributed by atoms with Crippen molar-refractivity contribution in [3.63, 3.8) is 0 Å². The molecule has 1 atom stereocenters. The van der Waals surface area contributed by atoms with Crippen LogP contribution in [0, 0.1) is 0 Å². The molecule has 2 rings (SSSR count). The monoisotopic (exact) mass is 281 g/mol. The first-order valence-electron chi connectivity index (χ1n) is 5.62. The highest BCUT2D eigenvalue weighted by Crippen LogP contribution is 2.19. The third-order valence-corrected chi connectivity index (χ3v) is 4.29. The molecule has 0 aliphatic heterocycles. The van der Waals surface area contributed by atoms with Gasteiger partial charge in [0.1, 0.15) is 17.0 Å². The fourth-order valence-corrected chi connectivity index (χ4v) is 3.09. The van der Waals surface area contributed by atoms with E-state index in [1.165, 1.54) is 12.4 Å². The molecule has 1 aromatic heterocycles. The maximum atomic E-state index is 12.2. The summed E-state index contributed by atoms with van der Waals surface area (Å²) in [6, 6.07) is 5.80. The summed E-state index contributed by atoms with van der Waals surface area (Å²) >= 11 is 0. The number of para-hydroxylation sites is 1. The molecule has 8 heteroatoms. The topological polar surface area (TPSA) is 103 Å². The molecule has 1 aromatic carbocycles. The molecule has 1 unspecified atom stereocenters. The molecule has 0 fully saturated rings. The lowest BCUT2D eigenvalue weighted by Gasteiger charge is -2.14. The van der Waals surface area contributed by atoms with Crippen LogP contribution in [-0.4, -0.2) is 23.2 Å². The summed E-state index contributed by atoms with van der Waals surface area (Å²) < 4.78 is 28.6. The van der Waals surface area contributed by atoms with Gasteiger partial charge in [-0.1, -0.05) is 12.1 Å². The Hall–Kier alpha value is -1.93. The Morgan fingerprint density at radius 2 is 2.05 bits per heavy atom. The molecule has 0 aliphatic rings. The van der Waals surface area contributed by atoms with Crippen LogP contribution in [-0.2, 0) is 17.1 Å². The highest BCUT2D eigenvalue weighted by molar-refractivity contribution is 7.89. The number of benzene rings is 1. The molecule has 1 heterocycles. The van der Waals surface area contributed by atoms with Crippen LogP contribution in [0.5, 0.6) is 0 Å². The lowest BCUT2D eigenvalue weighted by molar-refractivity contribution is 0.553. The van der Waals surface area contributed by atoms with E-state index in [4.69, 9.17) is 5.73 Å². The van der Waals surface area contributed by atoms with E-state index in [2.05, 4.69) is 14.9 Å². The van der Waals surface area contributed by atoms with Crippen LogP contribution in [0.1, 0.15) is 18.8 Å². The van der Waals surface area contributed by atoms with Crippen molar-refractivity contribution >= 4 is 15.7 Å². The van der Waals surface area contributed by atoms with Crippen molar-refractivity contribution in [2.24, 2.45) is 7.05 Å². The summed E-state index contributed by atoms with van der Waals surface area (Å²) in [5.74, 6) is 0.526. The van der Waals surface area contributed by atoms with Gasteiger partial charge in [-0.2, -0.15) is 0 Å². The number of rotatable bonds is 4. The Labute approximate surface area is 111 Å². The molecule has 0 saturated carbocycles. The van der Waals surface area contributed by atoms with Crippen LogP contribution in [0.4, 0.5) is 5.69 Å². The first-order chi connectivity index (χ1) is 8.92. The summed E-state index contributed by atoms with van der Waals surface area (Å²) in [5, 5.41) is 7.59. The second-order valence-electron chi connectivity index (χ2n) is 4.18. The minimum Gasteiger partial charge on any atom is -0.398 e. The van der Waals surface area contributed by atoms with Crippen molar-refractivity contribution < 1.29 is 8.42 Å². The molecule has 0 amide bonds. The van der Waals surface area contributed by atoms with E-state index in [1.807, 2.05) is 0 Å². The Morgan fingerprint density at radius 1 is 1.37 bits per heavy atom. The fraction of sp³-hybridized carbons (Fsp3) is 0.273. The van der Waals surface area contributed by atoms with Gasteiger partial charge in [0.05, 0.1) is 11.7 Å². The standard InChI is InChI=1S/C11H15N5O2S/c1-8(11-14-13-7-16(11)2)15-19(17,18)10-6-4-3-5-9(10)12/h3-8,15H,12H2,1-2H3. The van der Waals surface area contributed by atoms with Crippen molar-refractivity contribution in [1.29, 1.82) is 0 Å². The zero-order chi connectivity index (χ0) is 14.0. The molecule has 19 heavy (non-hydrogen) atoms. The number of anilines is 1. The smallest absolute Gasteiger partial charge is 0.243 e. The van der Waals surface area contributed by atoms with E-state index in [0.717, 1.165) is 0 Å². The third kappa shape index (κ3) is 2.74. The van der Waals surface area contributed by atoms with Gasteiger partial charge in [-0.3, -0.25) is 0 Å². The summed E-state index contributed by atoms with van der Waals surface area (Å²) in [6.07, 6.45) is 1.51. The molecule has 0 aliphatic carbocycles. The van der Waals surface area contributed by atoms with E-state index >= 15 is 0 Å². The first kappa shape index (κ1) is 13.5. The summed E-state index contributed by atoms with van der Waals surface area (Å²) in [7, 11) is -1.94. The lowest BCUT2D eigenvalue weighted by Crippen LogP contribution is -2.29. The molecule has 102 valence electrons. The van der Waals surface area contributed by atoms with E-state index in [1.54, 1.807) is 36.7 Å². The van der Waals surface area contributed by atoms with Crippen molar-refractivity contribution in [2.75, 3.05) is 5.73 Å². The molecule has 3 N–H and O–H groups in total. The average Bonchev–Trinajstić information content (AvgIpc) is 2.75. The average molecular weight is 281 g/mol. The van der Waals surface area contributed by atoms with Gasteiger partial charge in [-0.15, -0.1) is 10.2 Å². The highest BCUT2D eigenvalue weighted by atomic mass is 32.2. The van der Waals surface area contributed by atoms with Gasteiger partial charge in [-0.25, -0.2) is 13.1 Å². The Balaban J connectivity index is 2.28. The quantitative estimate of drug-likeness (QED) is 0.791. The minimum atomic E-state index is -3.69. The molecule has 0 bridgehead atoms. The van der Waals surface area contributed by atoms with Crippen molar-refractivity contribution in [1.82, 2.24) is 19.5 Å². The number of nitrogen functional groups attached to an aromatic ring is 1. The highest BCUT2D eigenvalue weighted by Gasteiger charge is 2.22. The number of nitrogens with one attached hydrogen (secondary N) is 1. The number of hydrogen-bond donors (Lipinski definition) is 2. The predicted octanol–water partition coefficient (Wildman–Crippen LogP) is 0.437. The predicted molar refractivity (Wildman–Crippen MR) is 70.6 cm³/mol. The number of aromatic nitrogens is 3. The molecule has 7 nitrogen and oxygen atoms in total. The first-order valence-corrected chi connectivity index (χ1v) is 7.11. The third-order valence-electron chi connectivity index (χ3n) is 2.67. The van der Waals surface area contributed by atoms with Gasteiger partial charge in [0.2, 0.25) is 10.0 Å². The van der Waals surface area contributed by atoms with Crippen LogP contribution in [0.15, 0.2) is 35.5 Å². The Morgan fingerprint density at radius 3 is 2.63 bits per heavy atom. The molecular weight excluding hydrogens is 266 g/mol. The van der Waals surface area contributed by atoms with Crippen LogP contribution >= 0.6 is 0 Å². The van der Waals surface area contributed by atoms with E-state index in [-0.39, 0.29) is 10.6 Å². The Kier molecular flexibility index (Phi) is 3.54. The lowest BCUT2D eigenvalue weighted by atomic mass is 10.3. The zero-order valence-electron chi connectivity index (χ0n) is 10.6. The molecule has 0 radical (unpaired) electrons. The van der Waals surface area contributed by atoms with Gasteiger partial charge >= 0.3 is 0 Å². The number of nitrogens with zero attached hydrogens (tertiary/aromatic N) is 3. The second kappa shape index (κ2) is 4.98. The molecule has 0 spiro atoms. The largest absolute Gasteiger partial charge is 0.398 e. The SMILES string of the molecule is CC(NS(=O)(=O)c1ccccc1N)c1nncn1C. The minimum absolute atomic E-state index is 0.0593. The van der Waals surface area contributed by atoms with E-state index < -0.39 is 16.1 Å². The zero-order valence-corrected chi connectivity index (χ0v) is 11.4. The number of hydrogen-bond acceptors (Lipinski definition) is 5. The molecule has 2 aromatic rings. The maximum absolute atomic E-state index is 12.2. The Bertz CT molecular complexity index is 680. The van der Waals surface area contributed by atoms with Crippen LogP contribution < -0.4 is 10.5 Å². The summed E-state index contributed by atoms with van der Waals surface area (Å²) in [4.78, 5) is 0.0593. The van der Waals surface area contributed by atoms with Crippen LogP contribution in [0.2, 0.25) is 0 Å². The number of aryl methyl sites for hydroxylation is 1. The summed E-state index contributed by atoms with van der Waals surface area (Å²) in [5.41, 5.74) is 5.89. The fourth-order valence-electron chi connectivity index (χ4n) is 1.76. The van der Waals surface area contributed by atoms with Gasteiger partial charge in [0.25, 0.3) is 0 Å². The van der Waals surface area contributed by atoms with E-state index in [9.17, 15) is 8.42 Å². The van der Waals surface area contributed by atoms with Crippen molar-refractivity contribution in [3.05, 3.63) is 36.4 Å². The van der Waals surface area contributed by atoms with Crippen molar-refractivity contribution in [3.8, 4) is 0 Å². The van der Waals surface area contributed by atoms with Crippen LogP contribution in [0.3, 0.4) is 0 Å². The molecule has 0 saturated heterocycles. The number of sulfonamides is 1. The van der Waals surface area contributed by atoms with Gasteiger partial charge in [0.15, 0.2) is 0 Å². The summed E-state index contributed by atoms with van der Waals surface area (Å²) in [6.45, 7) is 1.70. The van der Waals surface area contributed by atoms with Gasteiger partial charge in [0, 0.05) is 7.05 Å². The van der Waals surface area contributed by atoms with Gasteiger partial charge in [-0.05, 0) is 19.1 Å².